The average Bonchev–Trinajstić information content (AvgIpc) is 2.36. The molecule has 18 heavy (non-hydrogen) atoms. The molecule has 0 aliphatic rings. The zero-order valence-electron chi connectivity index (χ0n) is 10.1. The van der Waals surface area contributed by atoms with Gasteiger partial charge in [0.25, 0.3) is 0 Å². The summed E-state index contributed by atoms with van der Waals surface area (Å²) < 4.78 is 19.2. The lowest BCUT2D eigenvalue weighted by Crippen LogP contribution is -1.99. The molecule has 0 N–H and O–H groups in total. The molecule has 0 unspecified atom stereocenters. The Labute approximate surface area is 111 Å². The van der Waals surface area contributed by atoms with Gasteiger partial charge in [-0.1, -0.05) is 29.8 Å². The highest BCUT2D eigenvalue weighted by molar-refractivity contribution is 6.30. The summed E-state index contributed by atoms with van der Waals surface area (Å²) >= 11 is 5.89. The number of hydrogen-bond donors (Lipinski definition) is 0. The zero-order valence-corrected chi connectivity index (χ0v) is 10.9. The molecular formula is C15H14ClFO. The van der Waals surface area contributed by atoms with Gasteiger partial charge in [0, 0.05) is 11.4 Å². The fourth-order valence-corrected chi connectivity index (χ4v) is 2.02. The Bertz CT molecular complexity index is 540. The molecule has 0 aliphatic heterocycles. The van der Waals surface area contributed by atoms with E-state index in [-0.39, 0.29) is 5.82 Å². The molecule has 0 saturated carbocycles. The van der Waals surface area contributed by atoms with Gasteiger partial charge in [0.1, 0.15) is 11.6 Å². The van der Waals surface area contributed by atoms with Crippen LogP contribution in [0.2, 0.25) is 5.02 Å². The minimum atomic E-state index is -0.245. The van der Waals surface area contributed by atoms with E-state index in [4.69, 9.17) is 16.3 Å². The highest BCUT2D eigenvalue weighted by Crippen LogP contribution is 2.24. The van der Waals surface area contributed by atoms with E-state index in [1.54, 1.807) is 12.1 Å². The predicted molar refractivity (Wildman–Crippen MR) is 71.8 cm³/mol. The zero-order chi connectivity index (χ0) is 13.0. The van der Waals surface area contributed by atoms with Crippen molar-refractivity contribution in [3.63, 3.8) is 0 Å². The maximum absolute atomic E-state index is 13.7. The third kappa shape index (κ3) is 3.02. The van der Waals surface area contributed by atoms with Crippen LogP contribution in [0.3, 0.4) is 0 Å². The Balaban J connectivity index is 2.30. The highest BCUT2D eigenvalue weighted by Gasteiger charge is 2.08. The molecule has 0 bridgehead atoms. The maximum Gasteiger partial charge on any atom is 0.126 e. The molecule has 2 aromatic carbocycles. The first-order valence-corrected chi connectivity index (χ1v) is 6.23. The van der Waals surface area contributed by atoms with Crippen molar-refractivity contribution < 1.29 is 9.13 Å². The predicted octanol–water partition coefficient (Wildman–Crippen LogP) is 4.47. The third-order valence-electron chi connectivity index (χ3n) is 2.66. The van der Waals surface area contributed by atoms with Crippen LogP contribution in [0.25, 0.3) is 0 Å². The fraction of sp³-hybridized carbons (Fsp3) is 0.200. The number of rotatable bonds is 4. The van der Waals surface area contributed by atoms with Crippen LogP contribution in [0.5, 0.6) is 5.75 Å². The topological polar surface area (TPSA) is 9.23 Å². The van der Waals surface area contributed by atoms with Gasteiger partial charge in [-0.15, -0.1) is 0 Å². The second kappa shape index (κ2) is 5.87. The first-order chi connectivity index (χ1) is 8.70. The molecule has 0 amide bonds. The molecule has 0 atom stereocenters. The van der Waals surface area contributed by atoms with Gasteiger partial charge in [0.2, 0.25) is 0 Å². The van der Waals surface area contributed by atoms with Crippen LogP contribution in [-0.2, 0) is 6.42 Å². The summed E-state index contributed by atoms with van der Waals surface area (Å²) in [6.07, 6.45) is 0.475. The van der Waals surface area contributed by atoms with Crippen LogP contribution in [0, 0.1) is 5.82 Å². The largest absolute Gasteiger partial charge is 0.494 e. The van der Waals surface area contributed by atoms with E-state index in [9.17, 15) is 4.39 Å². The monoisotopic (exact) mass is 264 g/mol. The molecule has 3 heteroatoms. The number of para-hydroxylation sites is 1. The summed E-state index contributed by atoms with van der Waals surface area (Å²) in [6, 6.07) is 12.2. The summed E-state index contributed by atoms with van der Waals surface area (Å²) in [7, 11) is 0. The number of benzene rings is 2. The van der Waals surface area contributed by atoms with Crippen LogP contribution in [0.15, 0.2) is 42.5 Å². The van der Waals surface area contributed by atoms with Crippen molar-refractivity contribution in [2.75, 3.05) is 6.61 Å². The molecule has 0 aromatic heterocycles. The first kappa shape index (κ1) is 12.9. The lowest BCUT2D eigenvalue weighted by atomic mass is 10.0. The van der Waals surface area contributed by atoms with E-state index in [2.05, 4.69) is 0 Å². The normalized spacial score (nSPS) is 10.4. The number of halogens is 2. The van der Waals surface area contributed by atoms with Crippen LogP contribution in [0.4, 0.5) is 4.39 Å². The molecule has 2 aromatic rings. The Morgan fingerprint density at radius 3 is 2.67 bits per heavy atom. The average molecular weight is 265 g/mol. The molecular weight excluding hydrogens is 251 g/mol. The van der Waals surface area contributed by atoms with Crippen molar-refractivity contribution in [2.24, 2.45) is 0 Å². The van der Waals surface area contributed by atoms with Gasteiger partial charge < -0.3 is 4.74 Å². The summed E-state index contributed by atoms with van der Waals surface area (Å²) in [6.45, 7) is 2.52. The van der Waals surface area contributed by atoms with Gasteiger partial charge in [-0.3, -0.25) is 0 Å². The van der Waals surface area contributed by atoms with Gasteiger partial charge in [-0.2, -0.15) is 0 Å². The minimum absolute atomic E-state index is 0.245. The number of ether oxygens (including phenoxy) is 1. The SMILES string of the molecule is CCOc1ccccc1Cc1cc(Cl)ccc1F. The molecule has 0 aliphatic carbocycles. The molecule has 0 radical (unpaired) electrons. The lowest BCUT2D eigenvalue weighted by molar-refractivity contribution is 0.337. The van der Waals surface area contributed by atoms with Gasteiger partial charge >= 0.3 is 0 Å². The molecule has 2 rings (SSSR count). The standard InChI is InChI=1S/C15H14ClFO/c1-2-18-15-6-4-3-5-11(15)9-12-10-13(16)7-8-14(12)17/h3-8,10H,2,9H2,1H3. The van der Waals surface area contributed by atoms with E-state index >= 15 is 0 Å². The Hall–Kier alpha value is -1.54. The molecule has 0 fully saturated rings. The van der Waals surface area contributed by atoms with E-state index in [1.807, 2.05) is 31.2 Å². The third-order valence-corrected chi connectivity index (χ3v) is 2.90. The lowest BCUT2D eigenvalue weighted by Gasteiger charge is -2.10. The highest BCUT2D eigenvalue weighted by atomic mass is 35.5. The molecule has 0 saturated heterocycles. The van der Waals surface area contributed by atoms with Gasteiger partial charge in [0.15, 0.2) is 0 Å². The molecule has 1 nitrogen and oxygen atoms in total. The van der Waals surface area contributed by atoms with Gasteiger partial charge in [0.05, 0.1) is 6.61 Å². The van der Waals surface area contributed by atoms with Crippen molar-refractivity contribution in [1.82, 2.24) is 0 Å². The smallest absolute Gasteiger partial charge is 0.126 e. The van der Waals surface area contributed by atoms with Gasteiger partial charge in [-0.05, 0) is 42.3 Å². The van der Waals surface area contributed by atoms with Crippen LogP contribution < -0.4 is 4.74 Å². The molecule has 0 spiro atoms. The maximum atomic E-state index is 13.7. The summed E-state index contributed by atoms with van der Waals surface area (Å²) in [5.41, 5.74) is 1.54. The second-order valence-corrected chi connectivity index (χ2v) is 4.39. The van der Waals surface area contributed by atoms with Gasteiger partial charge in [-0.25, -0.2) is 4.39 Å². The Kier molecular flexibility index (Phi) is 4.21. The summed E-state index contributed by atoms with van der Waals surface area (Å²) in [5.74, 6) is 0.546. The van der Waals surface area contributed by atoms with Crippen molar-refractivity contribution in [2.45, 2.75) is 13.3 Å². The van der Waals surface area contributed by atoms with Crippen LogP contribution in [-0.4, -0.2) is 6.61 Å². The Morgan fingerprint density at radius 2 is 1.89 bits per heavy atom. The van der Waals surface area contributed by atoms with Crippen molar-refractivity contribution in [3.8, 4) is 5.75 Å². The summed E-state index contributed by atoms with van der Waals surface area (Å²) in [4.78, 5) is 0. The number of hydrogen-bond acceptors (Lipinski definition) is 1. The van der Waals surface area contributed by atoms with E-state index in [0.29, 0.717) is 23.6 Å². The fourth-order valence-electron chi connectivity index (χ4n) is 1.83. The minimum Gasteiger partial charge on any atom is -0.494 e. The van der Waals surface area contributed by atoms with E-state index in [0.717, 1.165) is 11.3 Å². The van der Waals surface area contributed by atoms with Crippen molar-refractivity contribution >= 4 is 11.6 Å². The summed E-state index contributed by atoms with van der Waals surface area (Å²) in [5, 5.41) is 0.542. The van der Waals surface area contributed by atoms with E-state index < -0.39 is 0 Å². The van der Waals surface area contributed by atoms with Crippen molar-refractivity contribution in [1.29, 1.82) is 0 Å². The first-order valence-electron chi connectivity index (χ1n) is 5.85. The van der Waals surface area contributed by atoms with E-state index in [1.165, 1.54) is 6.07 Å². The Morgan fingerprint density at radius 1 is 1.11 bits per heavy atom. The van der Waals surface area contributed by atoms with Crippen LogP contribution in [0.1, 0.15) is 18.1 Å². The van der Waals surface area contributed by atoms with Crippen molar-refractivity contribution in [3.05, 3.63) is 64.4 Å². The van der Waals surface area contributed by atoms with Crippen LogP contribution >= 0.6 is 11.6 Å². The second-order valence-electron chi connectivity index (χ2n) is 3.95. The molecule has 0 heterocycles. The quantitative estimate of drug-likeness (QED) is 0.792. The molecule has 94 valence electrons.